The predicted octanol–water partition coefficient (Wildman–Crippen LogP) is 2.51. The van der Waals surface area contributed by atoms with Crippen molar-refractivity contribution in [3.63, 3.8) is 0 Å². The summed E-state index contributed by atoms with van der Waals surface area (Å²) in [5.74, 6) is 1.39. The molecule has 0 spiro atoms. The molecule has 0 saturated heterocycles. The Kier molecular flexibility index (Phi) is 6.49. The van der Waals surface area contributed by atoms with Gasteiger partial charge in [0.1, 0.15) is 0 Å². The molecule has 0 bridgehead atoms. The summed E-state index contributed by atoms with van der Waals surface area (Å²) in [6.45, 7) is 2.79. The van der Waals surface area contributed by atoms with E-state index in [9.17, 15) is 9.90 Å². The van der Waals surface area contributed by atoms with E-state index in [1.807, 2.05) is 11.8 Å². The first-order valence-corrected chi connectivity index (χ1v) is 9.08. The van der Waals surface area contributed by atoms with Crippen LogP contribution in [0, 0.1) is 5.92 Å². The second-order valence-corrected chi connectivity index (χ2v) is 7.63. The summed E-state index contributed by atoms with van der Waals surface area (Å²) in [5.41, 5.74) is 0. The van der Waals surface area contributed by atoms with Crippen molar-refractivity contribution in [2.24, 2.45) is 5.92 Å². The highest BCUT2D eigenvalue weighted by molar-refractivity contribution is 7.99. The molecule has 20 heavy (non-hydrogen) atoms. The number of aliphatic hydroxyl groups excluding tert-OH is 1. The molecule has 4 unspecified atom stereocenters. The van der Waals surface area contributed by atoms with Gasteiger partial charge < -0.3 is 15.7 Å². The van der Waals surface area contributed by atoms with E-state index in [4.69, 9.17) is 0 Å². The smallest absolute Gasteiger partial charge is 0.315 e. The van der Waals surface area contributed by atoms with E-state index in [0.29, 0.717) is 17.8 Å². The summed E-state index contributed by atoms with van der Waals surface area (Å²) >= 11 is 2.00. The van der Waals surface area contributed by atoms with E-state index in [-0.39, 0.29) is 18.1 Å². The normalized spacial score (nSPS) is 33.9. The molecule has 2 aliphatic rings. The van der Waals surface area contributed by atoms with Crippen LogP contribution in [-0.2, 0) is 0 Å². The molecule has 0 aromatic heterocycles. The SMILES string of the molecule is CCSC1CCC(NC(=O)NCC2CCCCC2O)C1. The lowest BCUT2D eigenvalue weighted by atomic mass is 9.86. The zero-order chi connectivity index (χ0) is 14.4. The Labute approximate surface area is 126 Å². The molecular weight excluding hydrogens is 272 g/mol. The lowest BCUT2D eigenvalue weighted by Crippen LogP contribution is -2.44. The Morgan fingerprint density at radius 2 is 2.05 bits per heavy atom. The Morgan fingerprint density at radius 3 is 2.80 bits per heavy atom. The first-order chi connectivity index (χ1) is 9.69. The number of carbonyl (C=O) groups excluding carboxylic acids is 1. The number of urea groups is 1. The van der Waals surface area contributed by atoms with Crippen molar-refractivity contribution in [1.29, 1.82) is 0 Å². The van der Waals surface area contributed by atoms with Gasteiger partial charge in [-0.1, -0.05) is 19.8 Å². The molecule has 2 amide bonds. The zero-order valence-corrected chi connectivity index (χ0v) is 13.3. The van der Waals surface area contributed by atoms with Gasteiger partial charge in [0, 0.05) is 23.8 Å². The first-order valence-electron chi connectivity index (χ1n) is 8.03. The van der Waals surface area contributed by atoms with Crippen molar-refractivity contribution in [3.8, 4) is 0 Å². The van der Waals surface area contributed by atoms with Gasteiger partial charge in [-0.25, -0.2) is 4.79 Å². The van der Waals surface area contributed by atoms with Gasteiger partial charge in [-0.2, -0.15) is 11.8 Å². The van der Waals surface area contributed by atoms with Crippen molar-refractivity contribution in [2.75, 3.05) is 12.3 Å². The fraction of sp³-hybridized carbons (Fsp3) is 0.933. The Balaban J connectivity index is 1.63. The van der Waals surface area contributed by atoms with Crippen LogP contribution < -0.4 is 10.6 Å². The third kappa shape index (κ3) is 4.85. The van der Waals surface area contributed by atoms with Gasteiger partial charge in [0.15, 0.2) is 0 Å². The number of hydrogen-bond acceptors (Lipinski definition) is 3. The van der Waals surface area contributed by atoms with Gasteiger partial charge in [-0.3, -0.25) is 0 Å². The van der Waals surface area contributed by atoms with Gasteiger partial charge in [-0.05, 0) is 37.9 Å². The molecule has 4 nitrogen and oxygen atoms in total. The lowest BCUT2D eigenvalue weighted by molar-refractivity contribution is 0.0708. The molecule has 5 heteroatoms. The van der Waals surface area contributed by atoms with E-state index >= 15 is 0 Å². The predicted molar refractivity (Wildman–Crippen MR) is 84.1 cm³/mol. The zero-order valence-electron chi connectivity index (χ0n) is 12.4. The third-order valence-corrected chi connectivity index (χ3v) is 5.75. The second kappa shape index (κ2) is 8.13. The highest BCUT2D eigenvalue weighted by Crippen LogP contribution is 2.29. The highest BCUT2D eigenvalue weighted by Gasteiger charge is 2.27. The monoisotopic (exact) mass is 300 g/mol. The second-order valence-electron chi connectivity index (χ2n) is 6.05. The van der Waals surface area contributed by atoms with Crippen molar-refractivity contribution in [3.05, 3.63) is 0 Å². The quantitative estimate of drug-likeness (QED) is 0.731. The van der Waals surface area contributed by atoms with Gasteiger partial charge >= 0.3 is 6.03 Å². The molecule has 3 N–H and O–H groups in total. The maximum Gasteiger partial charge on any atom is 0.315 e. The van der Waals surface area contributed by atoms with E-state index in [0.717, 1.165) is 37.9 Å². The summed E-state index contributed by atoms with van der Waals surface area (Å²) in [5, 5.41) is 16.6. The van der Waals surface area contributed by atoms with E-state index in [1.165, 1.54) is 12.8 Å². The third-order valence-electron chi connectivity index (χ3n) is 4.52. The molecule has 4 atom stereocenters. The largest absolute Gasteiger partial charge is 0.393 e. The van der Waals surface area contributed by atoms with Crippen LogP contribution in [0.5, 0.6) is 0 Å². The maximum absolute atomic E-state index is 11.9. The molecule has 116 valence electrons. The van der Waals surface area contributed by atoms with Crippen molar-refractivity contribution in [2.45, 2.75) is 69.3 Å². The minimum atomic E-state index is -0.235. The van der Waals surface area contributed by atoms with E-state index in [1.54, 1.807) is 0 Å². The van der Waals surface area contributed by atoms with Crippen molar-refractivity contribution >= 4 is 17.8 Å². The van der Waals surface area contributed by atoms with Gasteiger partial charge in [-0.15, -0.1) is 0 Å². The van der Waals surface area contributed by atoms with Gasteiger partial charge in [0.25, 0.3) is 0 Å². The summed E-state index contributed by atoms with van der Waals surface area (Å²) in [6.07, 6.45) is 7.36. The summed E-state index contributed by atoms with van der Waals surface area (Å²) < 4.78 is 0. The average Bonchev–Trinajstić information content (AvgIpc) is 2.85. The molecule has 0 aliphatic heterocycles. The summed E-state index contributed by atoms with van der Waals surface area (Å²) in [4.78, 5) is 11.9. The lowest BCUT2D eigenvalue weighted by Gasteiger charge is -2.27. The maximum atomic E-state index is 11.9. The van der Waals surface area contributed by atoms with Crippen molar-refractivity contribution in [1.82, 2.24) is 10.6 Å². The minimum absolute atomic E-state index is 0.0603. The van der Waals surface area contributed by atoms with Crippen LogP contribution in [-0.4, -0.2) is 40.8 Å². The summed E-state index contributed by atoms with van der Waals surface area (Å²) in [7, 11) is 0. The number of carbonyl (C=O) groups is 1. The van der Waals surface area contributed by atoms with Crippen LogP contribution in [0.3, 0.4) is 0 Å². The number of amides is 2. The number of rotatable bonds is 5. The molecule has 2 rings (SSSR count). The number of nitrogens with one attached hydrogen (secondary N) is 2. The van der Waals surface area contributed by atoms with Crippen LogP contribution >= 0.6 is 11.8 Å². The summed E-state index contributed by atoms with van der Waals surface area (Å²) in [6, 6.07) is 0.269. The number of aliphatic hydroxyl groups is 1. The number of hydrogen-bond donors (Lipinski definition) is 3. The molecular formula is C15H28N2O2S. The molecule has 0 radical (unpaired) electrons. The topological polar surface area (TPSA) is 61.4 Å². The fourth-order valence-corrected chi connectivity index (χ4v) is 4.49. The van der Waals surface area contributed by atoms with Crippen molar-refractivity contribution < 1.29 is 9.90 Å². The molecule has 0 aromatic carbocycles. The molecule has 2 saturated carbocycles. The number of thioether (sulfide) groups is 1. The van der Waals surface area contributed by atoms with Crippen LogP contribution in [0.1, 0.15) is 51.9 Å². The molecule has 0 aromatic rings. The molecule has 2 fully saturated rings. The first kappa shape index (κ1) is 16.0. The van der Waals surface area contributed by atoms with Gasteiger partial charge in [0.05, 0.1) is 6.10 Å². The fourth-order valence-electron chi connectivity index (χ4n) is 3.34. The van der Waals surface area contributed by atoms with E-state index < -0.39 is 0 Å². The van der Waals surface area contributed by atoms with Crippen LogP contribution in [0.2, 0.25) is 0 Å². The Bertz CT molecular complexity index is 314. The highest BCUT2D eigenvalue weighted by atomic mass is 32.2. The van der Waals surface area contributed by atoms with Crippen LogP contribution in [0.15, 0.2) is 0 Å². The van der Waals surface area contributed by atoms with Crippen LogP contribution in [0.25, 0.3) is 0 Å². The minimum Gasteiger partial charge on any atom is -0.393 e. The standard InChI is InChI=1S/C15H28N2O2S/c1-2-20-13-8-7-12(9-13)17-15(19)16-10-11-5-3-4-6-14(11)18/h11-14,18H,2-10H2,1H3,(H2,16,17,19). The molecule has 2 aliphatic carbocycles. The molecule has 0 heterocycles. The van der Waals surface area contributed by atoms with Crippen LogP contribution in [0.4, 0.5) is 4.79 Å². The van der Waals surface area contributed by atoms with E-state index in [2.05, 4.69) is 17.6 Å². The Hall–Kier alpha value is -0.420. The Morgan fingerprint density at radius 1 is 1.25 bits per heavy atom. The van der Waals surface area contributed by atoms with Gasteiger partial charge in [0.2, 0.25) is 0 Å². The average molecular weight is 300 g/mol.